The predicted molar refractivity (Wildman–Crippen MR) is 65.4 cm³/mol. The zero-order valence-corrected chi connectivity index (χ0v) is 10.8. The lowest BCUT2D eigenvalue weighted by Gasteiger charge is -2.33. The van der Waals surface area contributed by atoms with Gasteiger partial charge in [0.15, 0.2) is 0 Å². The van der Waals surface area contributed by atoms with E-state index < -0.39 is 5.41 Å². The van der Waals surface area contributed by atoms with Crippen LogP contribution in [0.1, 0.15) is 40.0 Å². The Bertz CT molecular complexity index is 434. The van der Waals surface area contributed by atoms with Gasteiger partial charge in [0.1, 0.15) is 12.6 Å². The highest BCUT2D eigenvalue weighted by Gasteiger charge is 2.73. The van der Waals surface area contributed by atoms with Crippen molar-refractivity contribution in [1.29, 1.82) is 0 Å². The van der Waals surface area contributed by atoms with Crippen LogP contribution < -0.4 is 0 Å². The molecule has 17 heavy (non-hydrogen) atoms. The quantitative estimate of drug-likeness (QED) is 0.686. The summed E-state index contributed by atoms with van der Waals surface area (Å²) in [7, 11) is 0. The van der Waals surface area contributed by atoms with Crippen LogP contribution in [0.25, 0.3) is 0 Å². The van der Waals surface area contributed by atoms with Crippen molar-refractivity contribution in [1.82, 2.24) is 0 Å². The summed E-state index contributed by atoms with van der Waals surface area (Å²) in [5.74, 6) is 1.09. The van der Waals surface area contributed by atoms with Crippen LogP contribution >= 0.6 is 0 Å². The van der Waals surface area contributed by atoms with Gasteiger partial charge in [-0.3, -0.25) is 4.79 Å². The topological polar surface area (TPSA) is 34.1 Å². The second-order valence-corrected chi connectivity index (χ2v) is 7.27. The van der Waals surface area contributed by atoms with Crippen LogP contribution in [0.5, 0.6) is 0 Å². The summed E-state index contributed by atoms with van der Waals surface area (Å²) in [5.41, 5.74) is 0.729. The summed E-state index contributed by atoms with van der Waals surface area (Å²) in [6, 6.07) is 0. The van der Waals surface area contributed by atoms with Gasteiger partial charge >= 0.3 is 0 Å². The fraction of sp³-hybridized carbons (Fsp3) is 0.733. The van der Waals surface area contributed by atoms with Crippen LogP contribution in [0, 0.1) is 28.1 Å². The molecule has 3 aliphatic rings. The molecule has 2 nitrogen and oxygen atoms in total. The molecule has 2 saturated carbocycles. The van der Waals surface area contributed by atoms with Crippen molar-refractivity contribution in [3.8, 4) is 0 Å². The Hall–Kier alpha value is -0.920. The number of hydrogen-bond donors (Lipinski definition) is 0. The third kappa shape index (κ3) is 1.16. The molecule has 2 heteroatoms. The van der Waals surface area contributed by atoms with Gasteiger partial charge in [0.05, 0.1) is 5.41 Å². The Labute approximate surface area is 102 Å². The zero-order chi connectivity index (χ0) is 12.5. The first-order valence-corrected chi connectivity index (χ1v) is 6.52. The molecule has 0 saturated heterocycles. The van der Waals surface area contributed by atoms with E-state index in [4.69, 9.17) is 0 Å². The molecule has 0 aromatic carbocycles. The second kappa shape index (κ2) is 2.90. The average Bonchev–Trinajstić information content (AvgIpc) is 2.77. The third-order valence-corrected chi connectivity index (χ3v) is 5.67. The lowest BCUT2D eigenvalue weighted by atomic mass is 9.70. The number of hydrogen-bond acceptors (Lipinski definition) is 2. The maximum absolute atomic E-state index is 11.4. The van der Waals surface area contributed by atoms with Crippen molar-refractivity contribution in [2.45, 2.75) is 40.0 Å². The van der Waals surface area contributed by atoms with Crippen LogP contribution in [-0.4, -0.2) is 12.6 Å². The smallest absolute Gasteiger partial charge is 0.146 e. The molecule has 0 amide bonds. The van der Waals surface area contributed by atoms with Gasteiger partial charge in [-0.15, -0.1) is 0 Å². The van der Waals surface area contributed by atoms with E-state index in [0.29, 0.717) is 17.3 Å². The maximum Gasteiger partial charge on any atom is 0.146 e. The summed E-state index contributed by atoms with van der Waals surface area (Å²) in [5, 5.41) is 0. The maximum atomic E-state index is 11.4. The molecule has 0 spiro atoms. The molecule has 0 unspecified atom stereocenters. The van der Waals surface area contributed by atoms with Crippen LogP contribution in [0.4, 0.5) is 0 Å². The molecule has 92 valence electrons. The van der Waals surface area contributed by atoms with E-state index in [2.05, 4.69) is 26.8 Å². The normalized spacial score (nSPS) is 49.9. The molecule has 0 aliphatic heterocycles. The summed E-state index contributed by atoms with van der Waals surface area (Å²) < 4.78 is 0. The largest absolute Gasteiger partial charge is 0.302 e. The summed E-state index contributed by atoms with van der Waals surface area (Å²) >= 11 is 0. The molecule has 2 fully saturated rings. The van der Waals surface area contributed by atoms with Gasteiger partial charge in [-0.25, -0.2) is 0 Å². The van der Waals surface area contributed by atoms with E-state index in [9.17, 15) is 9.59 Å². The van der Waals surface area contributed by atoms with Crippen molar-refractivity contribution >= 4 is 12.6 Å². The first-order chi connectivity index (χ1) is 7.88. The van der Waals surface area contributed by atoms with Gasteiger partial charge in [-0.2, -0.15) is 0 Å². The average molecular weight is 232 g/mol. The van der Waals surface area contributed by atoms with Gasteiger partial charge in [-0.1, -0.05) is 26.8 Å². The van der Waals surface area contributed by atoms with E-state index in [-0.39, 0.29) is 5.41 Å². The number of allylic oxidation sites excluding steroid dienone is 2. The minimum Gasteiger partial charge on any atom is -0.302 e. The molecular formula is C15H20O2. The van der Waals surface area contributed by atoms with E-state index >= 15 is 0 Å². The molecule has 0 aromatic rings. The molecular weight excluding hydrogens is 212 g/mol. The number of carbonyl (C=O) groups is 2. The fourth-order valence-corrected chi connectivity index (χ4v) is 4.68. The summed E-state index contributed by atoms with van der Waals surface area (Å²) in [6.45, 7) is 6.80. The predicted octanol–water partition coefficient (Wildman–Crippen LogP) is 2.77. The summed E-state index contributed by atoms with van der Waals surface area (Å²) in [6.07, 6.45) is 7.28. The molecule has 0 heterocycles. The Balaban J connectivity index is 2.07. The van der Waals surface area contributed by atoms with E-state index in [1.54, 1.807) is 0 Å². The van der Waals surface area contributed by atoms with Crippen molar-refractivity contribution in [3.63, 3.8) is 0 Å². The SMILES string of the molecule is CC1(C)C[C@H]2C=C(C=O)[C@]3(C=O)C[C@]3(C)[C@H]2C1. The number of aldehydes is 2. The molecule has 0 aromatic heterocycles. The van der Waals surface area contributed by atoms with Crippen molar-refractivity contribution in [2.75, 3.05) is 0 Å². The van der Waals surface area contributed by atoms with Crippen molar-refractivity contribution < 1.29 is 9.59 Å². The minimum absolute atomic E-state index is 0.0538. The molecule has 0 radical (unpaired) electrons. The lowest BCUT2D eigenvalue weighted by Crippen LogP contribution is -2.31. The van der Waals surface area contributed by atoms with Crippen molar-refractivity contribution in [3.05, 3.63) is 11.6 Å². The minimum atomic E-state index is -0.434. The molecule has 3 aliphatic carbocycles. The van der Waals surface area contributed by atoms with Gasteiger partial charge < -0.3 is 4.79 Å². The van der Waals surface area contributed by atoms with Crippen LogP contribution in [-0.2, 0) is 9.59 Å². The van der Waals surface area contributed by atoms with Crippen LogP contribution in [0.3, 0.4) is 0 Å². The number of fused-ring (bicyclic) bond motifs is 3. The summed E-state index contributed by atoms with van der Waals surface area (Å²) in [4.78, 5) is 22.7. The highest BCUT2D eigenvalue weighted by molar-refractivity contribution is 5.89. The van der Waals surface area contributed by atoms with Crippen LogP contribution in [0.15, 0.2) is 11.6 Å². The Morgan fingerprint density at radius 3 is 2.53 bits per heavy atom. The Morgan fingerprint density at radius 2 is 1.94 bits per heavy atom. The Morgan fingerprint density at radius 1 is 1.24 bits per heavy atom. The molecule has 3 rings (SSSR count). The third-order valence-electron chi connectivity index (χ3n) is 5.67. The van der Waals surface area contributed by atoms with Gasteiger partial charge in [-0.05, 0) is 41.9 Å². The van der Waals surface area contributed by atoms with Gasteiger partial charge in [0, 0.05) is 5.57 Å². The lowest BCUT2D eigenvalue weighted by molar-refractivity contribution is -0.115. The monoisotopic (exact) mass is 232 g/mol. The first-order valence-electron chi connectivity index (χ1n) is 6.52. The standard InChI is InChI=1S/C15H20O2/c1-13(2)5-10-4-11(7-16)15(9-17)8-14(15,3)12(10)6-13/h4,7,9-10,12H,5-6,8H2,1-3H3/t10-,12+,14-,15-/m1/s1. The van der Waals surface area contributed by atoms with Gasteiger partial charge in [0.2, 0.25) is 0 Å². The number of rotatable bonds is 2. The Kier molecular flexibility index (Phi) is 1.91. The van der Waals surface area contributed by atoms with Gasteiger partial charge in [0.25, 0.3) is 0 Å². The number of carbonyl (C=O) groups excluding carboxylic acids is 2. The fourth-order valence-electron chi connectivity index (χ4n) is 4.68. The molecule has 4 atom stereocenters. The highest BCUT2D eigenvalue weighted by atomic mass is 16.1. The highest BCUT2D eigenvalue weighted by Crippen LogP contribution is 2.76. The van der Waals surface area contributed by atoms with E-state index in [1.807, 2.05) is 0 Å². The van der Waals surface area contributed by atoms with E-state index in [1.165, 1.54) is 6.42 Å². The van der Waals surface area contributed by atoms with E-state index in [0.717, 1.165) is 31.0 Å². The zero-order valence-electron chi connectivity index (χ0n) is 10.8. The van der Waals surface area contributed by atoms with Crippen LogP contribution in [0.2, 0.25) is 0 Å². The molecule has 0 bridgehead atoms. The second-order valence-electron chi connectivity index (χ2n) is 7.27. The molecule has 0 N–H and O–H groups in total. The first kappa shape index (κ1) is 11.2. The van der Waals surface area contributed by atoms with Crippen molar-refractivity contribution in [2.24, 2.45) is 28.1 Å².